The molecule has 3 fully saturated rings. The highest BCUT2D eigenvalue weighted by molar-refractivity contribution is 6.36. The molecule has 1 unspecified atom stereocenters. The molecule has 10 nitrogen and oxygen atoms in total. The number of anilines is 4. The number of halogens is 1. The number of nitrogens with two attached hydrogens (primary N) is 2. The van der Waals surface area contributed by atoms with Gasteiger partial charge < -0.3 is 32.3 Å². The maximum Gasteiger partial charge on any atom is 0.247 e. The van der Waals surface area contributed by atoms with Crippen LogP contribution in [-0.4, -0.2) is 50.8 Å². The van der Waals surface area contributed by atoms with E-state index >= 15 is 0 Å². The van der Waals surface area contributed by atoms with Gasteiger partial charge in [-0.15, -0.1) is 5.10 Å². The van der Waals surface area contributed by atoms with Crippen molar-refractivity contribution in [1.29, 1.82) is 0 Å². The highest BCUT2D eigenvalue weighted by Crippen LogP contribution is 2.40. The van der Waals surface area contributed by atoms with E-state index in [0.717, 1.165) is 61.5 Å². The summed E-state index contributed by atoms with van der Waals surface area (Å²) >= 11 is 6.98. The second kappa shape index (κ2) is 8.53. The van der Waals surface area contributed by atoms with Gasteiger partial charge >= 0.3 is 0 Å². The van der Waals surface area contributed by atoms with Gasteiger partial charge in [-0.05, 0) is 56.3 Å². The predicted molar refractivity (Wildman–Crippen MR) is 135 cm³/mol. The number of rotatable bonds is 7. The van der Waals surface area contributed by atoms with Gasteiger partial charge in [0.15, 0.2) is 11.5 Å². The second-order valence-electron chi connectivity index (χ2n) is 9.68. The average molecular weight is 483 g/mol. The summed E-state index contributed by atoms with van der Waals surface area (Å²) in [7, 11) is 0. The molecule has 1 spiro atoms. The standard InChI is InChI=1S/C23H31ClN10/c24-19-17(8-14(10-25)9-18(19)33-7-5-23(13-33)4-1-6-28-23)30-22-31-20(29-15-2-3-15)21-27-12-16(11-26)34(21)32-22/h8-9,12,15,28H,1-7,10-11,13,25-26H2,(H2,29,30,31,32). The summed E-state index contributed by atoms with van der Waals surface area (Å²) in [6.07, 6.45) is 7.56. The van der Waals surface area contributed by atoms with Crippen molar-refractivity contribution < 1.29 is 0 Å². The molecule has 11 heteroatoms. The molecule has 3 aromatic rings. The number of imidazole rings is 1. The molecule has 0 radical (unpaired) electrons. The molecule has 0 bridgehead atoms. The lowest BCUT2D eigenvalue weighted by Crippen LogP contribution is -2.42. The van der Waals surface area contributed by atoms with Crippen molar-refractivity contribution >= 4 is 40.4 Å². The first-order chi connectivity index (χ1) is 16.6. The fourth-order valence-electron chi connectivity index (χ4n) is 5.16. The van der Waals surface area contributed by atoms with Crippen molar-refractivity contribution in [2.45, 2.75) is 56.8 Å². The van der Waals surface area contributed by atoms with Gasteiger partial charge in [-0.1, -0.05) is 11.6 Å². The summed E-state index contributed by atoms with van der Waals surface area (Å²) in [5.74, 6) is 1.13. The zero-order valence-electron chi connectivity index (χ0n) is 19.1. The van der Waals surface area contributed by atoms with E-state index in [1.54, 1.807) is 10.7 Å². The molecule has 1 atom stereocenters. The predicted octanol–water partition coefficient (Wildman–Crippen LogP) is 2.35. The Bertz CT molecular complexity index is 1210. The van der Waals surface area contributed by atoms with Crippen LogP contribution in [0.25, 0.3) is 5.65 Å². The smallest absolute Gasteiger partial charge is 0.247 e. The number of hydrogen-bond donors (Lipinski definition) is 5. The molecular formula is C23H31ClN10. The molecule has 34 heavy (non-hydrogen) atoms. The van der Waals surface area contributed by atoms with Crippen LogP contribution in [0.5, 0.6) is 0 Å². The van der Waals surface area contributed by atoms with E-state index in [9.17, 15) is 0 Å². The highest BCUT2D eigenvalue weighted by atomic mass is 35.5. The van der Waals surface area contributed by atoms with Crippen molar-refractivity contribution in [2.75, 3.05) is 35.2 Å². The van der Waals surface area contributed by atoms with Crippen molar-refractivity contribution in [1.82, 2.24) is 24.9 Å². The fourth-order valence-corrected chi connectivity index (χ4v) is 5.43. The van der Waals surface area contributed by atoms with Crippen LogP contribution >= 0.6 is 11.6 Å². The van der Waals surface area contributed by atoms with Crippen LogP contribution in [0.3, 0.4) is 0 Å². The molecule has 1 aromatic carbocycles. The van der Waals surface area contributed by atoms with Gasteiger partial charge in [0.2, 0.25) is 5.95 Å². The zero-order valence-corrected chi connectivity index (χ0v) is 19.9. The molecule has 2 saturated heterocycles. The van der Waals surface area contributed by atoms with Crippen molar-refractivity contribution in [3.8, 4) is 0 Å². The number of aromatic nitrogens is 4. The first-order valence-corrected chi connectivity index (χ1v) is 12.5. The van der Waals surface area contributed by atoms with Crippen LogP contribution in [-0.2, 0) is 13.1 Å². The average Bonchev–Trinajstić information content (AvgIpc) is 3.23. The van der Waals surface area contributed by atoms with Gasteiger partial charge in [0, 0.05) is 37.8 Å². The lowest BCUT2D eigenvalue weighted by atomic mass is 9.97. The lowest BCUT2D eigenvalue weighted by Gasteiger charge is -2.27. The molecular weight excluding hydrogens is 452 g/mol. The summed E-state index contributed by atoms with van der Waals surface area (Å²) < 4.78 is 1.75. The SMILES string of the molecule is NCc1cc(Nc2nc(NC3CC3)c3ncc(CN)n3n2)c(Cl)c(N2CCC3(CCCN3)C2)c1. The normalized spacial score (nSPS) is 22.3. The summed E-state index contributed by atoms with van der Waals surface area (Å²) in [5.41, 5.74) is 16.4. The van der Waals surface area contributed by atoms with E-state index in [2.05, 4.69) is 37.0 Å². The molecule has 3 aliphatic rings. The molecule has 1 aliphatic carbocycles. The molecule has 1 saturated carbocycles. The van der Waals surface area contributed by atoms with E-state index in [-0.39, 0.29) is 5.54 Å². The van der Waals surface area contributed by atoms with Gasteiger partial charge in [-0.2, -0.15) is 4.98 Å². The molecule has 2 aromatic heterocycles. The van der Waals surface area contributed by atoms with Crippen LogP contribution in [0.2, 0.25) is 5.02 Å². The first kappa shape index (κ1) is 21.8. The van der Waals surface area contributed by atoms with Gasteiger partial charge in [-0.25, -0.2) is 9.50 Å². The van der Waals surface area contributed by atoms with Crippen LogP contribution in [0.15, 0.2) is 18.3 Å². The summed E-state index contributed by atoms with van der Waals surface area (Å²) in [6.45, 7) is 3.76. The highest BCUT2D eigenvalue weighted by Gasteiger charge is 2.40. The van der Waals surface area contributed by atoms with Gasteiger partial charge in [0.25, 0.3) is 0 Å². The third-order valence-corrected chi connectivity index (χ3v) is 7.58. The number of nitrogens with zero attached hydrogens (tertiary/aromatic N) is 5. The molecule has 2 aliphatic heterocycles. The number of fused-ring (bicyclic) bond motifs is 1. The maximum absolute atomic E-state index is 6.98. The number of hydrogen-bond acceptors (Lipinski definition) is 9. The summed E-state index contributed by atoms with van der Waals surface area (Å²) in [4.78, 5) is 11.6. The zero-order chi connectivity index (χ0) is 23.3. The minimum absolute atomic E-state index is 0.202. The van der Waals surface area contributed by atoms with Crippen LogP contribution < -0.4 is 32.3 Å². The van der Waals surface area contributed by atoms with Crippen LogP contribution in [0.4, 0.5) is 23.1 Å². The third kappa shape index (κ3) is 3.94. The van der Waals surface area contributed by atoms with Crippen LogP contribution in [0.1, 0.15) is 43.4 Å². The largest absolute Gasteiger partial charge is 0.368 e. The first-order valence-electron chi connectivity index (χ1n) is 12.1. The topological polar surface area (TPSA) is 134 Å². The van der Waals surface area contributed by atoms with Crippen molar-refractivity contribution in [3.05, 3.63) is 34.6 Å². The Balaban J connectivity index is 1.35. The Morgan fingerprint density at radius 3 is 2.82 bits per heavy atom. The van der Waals surface area contributed by atoms with Gasteiger partial charge in [-0.3, -0.25) is 0 Å². The maximum atomic E-state index is 6.98. The van der Waals surface area contributed by atoms with Gasteiger partial charge in [0.05, 0.1) is 28.3 Å². The molecule has 180 valence electrons. The van der Waals surface area contributed by atoms with Gasteiger partial charge in [0.1, 0.15) is 0 Å². The minimum Gasteiger partial charge on any atom is -0.368 e. The van der Waals surface area contributed by atoms with E-state index in [1.807, 2.05) is 6.07 Å². The van der Waals surface area contributed by atoms with E-state index < -0.39 is 0 Å². The van der Waals surface area contributed by atoms with Crippen LogP contribution in [0, 0.1) is 0 Å². The third-order valence-electron chi connectivity index (χ3n) is 7.18. The Hall–Kier alpha value is -2.66. The monoisotopic (exact) mass is 482 g/mol. The number of benzene rings is 1. The van der Waals surface area contributed by atoms with Crippen molar-refractivity contribution in [2.24, 2.45) is 11.5 Å². The number of nitrogens with one attached hydrogen (secondary N) is 3. The van der Waals surface area contributed by atoms with E-state index in [1.165, 1.54) is 12.8 Å². The Kier molecular flexibility index (Phi) is 5.48. The van der Waals surface area contributed by atoms with E-state index in [0.29, 0.717) is 41.6 Å². The fraction of sp³-hybridized carbons (Fsp3) is 0.522. The second-order valence-corrected chi connectivity index (χ2v) is 10.1. The summed E-state index contributed by atoms with van der Waals surface area (Å²) in [6, 6.07) is 4.51. The Morgan fingerprint density at radius 1 is 1.21 bits per heavy atom. The Morgan fingerprint density at radius 2 is 2.09 bits per heavy atom. The van der Waals surface area contributed by atoms with Crippen molar-refractivity contribution in [3.63, 3.8) is 0 Å². The molecule has 7 N–H and O–H groups in total. The molecule has 6 rings (SSSR count). The van der Waals surface area contributed by atoms with E-state index in [4.69, 9.17) is 28.1 Å². The Labute approximate surface area is 203 Å². The molecule has 4 heterocycles. The molecule has 0 amide bonds. The summed E-state index contributed by atoms with van der Waals surface area (Å²) in [5, 5.41) is 15.9. The lowest BCUT2D eigenvalue weighted by molar-refractivity contribution is 0.419. The minimum atomic E-state index is 0.202. The quantitative estimate of drug-likeness (QED) is 0.344.